The van der Waals surface area contributed by atoms with Gasteiger partial charge in [0.05, 0.1) is 6.10 Å². The minimum absolute atomic E-state index is 0.291. The topological polar surface area (TPSA) is 32.3 Å². The van der Waals surface area contributed by atoms with E-state index in [0.717, 1.165) is 31.5 Å². The Morgan fingerprint density at radius 2 is 1.69 bits per heavy atom. The molecule has 1 atom stereocenters. The van der Waals surface area contributed by atoms with E-state index in [2.05, 4.69) is 37.4 Å². The number of aliphatic hydroxyl groups excluding tert-OH is 1. The first-order chi connectivity index (χ1) is 7.66. The maximum Gasteiger partial charge on any atom is 0.0819 e. The first-order valence-corrected chi connectivity index (χ1v) is 6.14. The quantitative estimate of drug-likeness (QED) is 0.800. The van der Waals surface area contributed by atoms with Gasteiger partial charge in [-0.2, -0.15) is 0 Å². The van der Waals surface area contributed by atoms with Crippen LogP contribution in [0.15, 0.2) is 18.2 Å². The van der Waals surface area contributed by atoms with Crippen LogP contribution >= 0.6 is 0 Å². The predicted molar refractivity (Wildman–Crippen MR) is 66.5 cm³/mol. The molecule has 0 spiro atoms. The largest absolute Gasteiger partial charge is 0.388 e. The number of benzene rings is 1. The van der Waals surface area contributed by atoms with Gasteiger partial charge >= 0.3 is 0 Å². The van der Waals surface area contributed by atoms with E-state index < -0.39 is 0 Å². The molecule has 2 nitrogen and oxygen atoms in total. The van der Waals surface area contributed by atoms with Gasteiger partial charge < -0.3 is 10.4 Å². The molecule has 1 saturated heterocycles. The van der Waals surface area contributed by atoms with E-state index in [1.807, 2.05) is 0 Å². The normalized spacial score (nSPS) is 19.7. The molecule has 0 aromatic heterocycles. The van der Waals surface area contributed by atoms with Crippen LogP contribution in [0.25, 0.3) is 0 Å². The molecule has 2 rings (SSSR count). The zero-order chi connectivity index (χ0) is 11.5. The van der Waals surface area contributed by atoms with E-state index in [1.165, 1.54) is 11.1 Å². The fourth-order valence-corrected chi connectivity index (χ4v) is 2.61. The molecule has 1 aromatic rings. The van der Waals surface area contributed by atoms with Crippen molar-refractivity contribution in [3.8, 4) is 0 Å². The van der Waals surface area contributed by atoms with E-state index in [9.17, 15) is 5.11 Å². The number of rotatable bonds is 2. The van der Waals surface area contributed by atoms with Crippen molar-refractivity contribution in [2.24, 2.45) is 5.92 Å². The Morgan fingerprint density at radius 1 is 1.12 bits per heavy atom. The third kappa shape index (κ3) is 2.63. The minimum Gasteiger partial charge on any atom is -0.388 e. The summed E-state index contributed by atoms with van der Waals surface area (Å²) >= 11 is 0. The van der Waals surface area contributed by atoms with E-state index in [-0.39, 0.29) is 6.10 Å². The number of aryl methyl sites for hydroxylation is 2. The Kier molecular flexibility index (Phi) is 3.62. The lowest BCUT2D eigenvalue weighted by molar-refractivity contribution is 0.0888. The smallest absolute Gasteiger partial charge is 0.0819 e. The van der Waals surface area contributed by atoms with Crippen molar-refractivity contribution in [1.82, 2.24) is 5.32 Å². The molecule has 16 heavy (non-hydrogen) atoms. The standard InChI is InChI=1S/C14H21NO/c1-10-7-11(2)9-13(8-10)14(16)12-3-5-15-6-4-12/h7-9,12,14-16H,3-6H2,1-2H3. The number of aliphatic hydroxyl groups is 1. The van der Waals surface area contributed by atoms with Gasteiger partial charge in [0.2, 0.25) is 0 Å². The Labute approximate surface area is 97.7 Å². The monoisotopic (exact) mass is 219 g/mol. The first-order valence-electron chi connectivity index (χ1n) is 6.14. The van der Waals surface area contributed by atoms with Gasteiger partial charge in [0, 0.05) is 0 Å². The van der Waals surface area contributed by atoms with Gasteiger partial charge in [-0.05, 0) is 51.3 Å². The molecule has 0 radical (unpaired) electrons. The van der Waals surface area contributed by atoms with Crippen LogP contribution in [0.5, 0.6) is 0 Å². The van der Waals surface area contributed by atoms with Crippen molar-refractivity contribution in [1.29, 1.82) is 0 Å². The molecule has 0 saturated carbocycles. The van der Waals surface area contributed by atoms with Crippen LogP contribution in [0, 0.1) is 19.8 Å². The zero-order valence-corrected chi connectivity index (χ0v) is 10.2. The third-order valence-corrected chi connectivity index (χ3v) is 3.42. The third-order valence-electron chi connectivity index (χ3n) is 3.42. The van der Waals surface area contributed by atoms with Gasteiger partial charge in [0.15, 0.2) is 0 Å². The molecular formula is C14H21NO. The molecule has 0 aliphatic carbocycles. The average molecular weight is 219 g/mol. The number of piperidine rings is 1. The molecule has 1 unspecified atom stereocenters. The molecule has 1 heterocycles. The van der Waals surface area contributed by atoms with Crippen molar-refractivity contribution in [2.75, 3.05) is 13.1 Å². The highest BCUT2D eigenvalue weighted by atomic mass is 16.3. The lowest BCUT2D eigenvalue weighted by Gasteiger charge is -2.27. The van der Waals surface area contributed by atoms with Crippen LogP contribution in [-0.4, -0.2) is 18.2 Å². The summed E-state index contributed by atoms with van der Waals surface area (Å²) in [6.45, 7) is 6.25. The van der Waals surface area contributed by atoms with Gasteiger partial charge in [0.25, 0.3) is 0 Å². The zero-order valence-electron chi connectivity index (χ0n) is 10.2. The highest BCUT2D eigenvalue weighted by Gasteiger charge is 2.22. The van der Waals surface area contributed by atoms with Gasteiger partial charge in [-0.25, -0.2) is 0 Å². The van der Waals surface area contributed by atoms with Crippen molar-refractivity contribution < 1.29 is 5.11 Å². The van der Waals surface area contributed by atoms with Crippen LogP contribution < -0.4 is 5.32 Å². The SMILES string of the molecule is Cc1cc(C)cc(C(O)C2CCNCC2)c1. The summed E-state index contributed by atoms with van der Waals surface area (Å²) in [7, 11) is 0. The van der Waals surface area contributed by atoms with E-state index in [0.29, 0.717) is 5.92 Å². The molecule has 88 valence electrons. The van der Waals surface area contributed by atoms with Gasteiger partial charge in [0.1, 0.15) is 0 Å². The molecule has 0 bridgehead atoms. The van der Waals surface area contributed by atoms with Crippen LogP contribution in [-0.2, 0) is 0 Å². The highest BCUT2D eigenvalue weighted by molar-refractivity contribution is 5.30. The fraction of sp³-hybridized carbons (Fsp3) is 0.571. The minimum atomic E-state index is -0.291. The van der Waals surface area contributed by atoms with Crippen LogP contribution in [0.4, 0.5) is 0 Å². The second-order valence-corrected chi connectivity index (χ2v) is 4.95. The summed E-state index contributed by atoms with van der Waals surface area (Å²) in [5.41, 5.74) is 3.57. The van der Waals surface area contributed by atoms with Crippen molar-refractivity contribution >= 4 is 0 Å². The van der Waals surface area contributed by atoms with E-state index in [4.69, 9.17) is 0 Å². The lowest BCUT2D eigenvalue weighted by atomic mass is 9.87. The second-order valence-electron chi connectivity index (χ2n) is 4.95. The number of hydrogen-bond acceptors (Lipinski definition) is 2. The summed E-state index contributed by atoms with van der Waals surface area (Å²) in [5, 5.41) is 13.7. The lowest BCUT2D eigenvalue weighted by Crippen LogP contribution is -2.30. The second kappa shape index (κ2) is 4.98. The molecule has 1 aromatic carbocycles. The van der Waals surface area contributed by atoms with Crippen molar-refractivity contribution in [3.63, 3.8) is 0 Å². The summed E-state index contributed by atoms with van der Waals surface area (Å²) in [6, 6.07) is 6.37. The summed E-state index contributed by atoms with van der Waals surface area (Å²) in [6.07, 6.45) is 1.86. The summed E-state index contributed by atoms with van der Waals surface area (Å²) < 4.78 is 0. The molecule has 1 fully saturated rings. The van der Waals surface area contributed by atoms with Gasteiger partial charge in [-0.1, -0.05) is 29.3 Å². The molecule has 1 aliphatic heterocycles. The van der Waals surface area contributed by atoms with Gasteiger partial charge in [-0.15, -0.1) is 0 Å². The van der Waals surface area contributed by atoms with Crippen LogP contribution in [0.1, 0.15) is 35.6 Å². The molecule has 2 heteroatoms. The maximum absolute atomic E-state index is 10.4. The average Bonchev–Trinajstić information content (AvgIpc) is 2.28. The predicted octanol–water partition coefficient (Wildman–Crippen LogP) is 2.34. The van der Waals surface area contributed by atoms with Crippen molar-refractivity contribution in [2.45, 2.75) is 32.8 Å². The summed E-state index contributed by atoms with van der Waals surface area (Å²) in [5.74, 6) is 0.419. The van der Waals surface area contributed by atoms with Crippen LogP contribution in [0.3, 0.4) is 0 Å². The molecule has 1 aliphatic rings. The highest BCUT2D eigenvalue weighted by Crippen LogP contribution is 2.29. The Morgan fingerprint density at radius 3 is 2.25 bits per heavy atom. The van der Waals surface area contributed by atoms with Gasteiger partial charge in [-0.3, -0.25) is 0 Å². The van der Waals surface area contributed by atoms with Crippen LogP contribution in [0.2, 0.25) is 0 Å². The molecule has 0 amide bonds. The molecule has 2 N–H and O–H groups in total. The van der Waals surface area contributed by atoms with E-state index in [1.54, 1.807) is 0 Å². The number of nitrogens with one attached hydrogen (secondary N) is 1. The maximum atomic E-state index is 10.4. The fourth-order valence-electron chi connectivity index (χ4n) is 2.61. The van der Waals surface area contributed by atoms with Crippen molar-refractivity contribution in [3.05, 3.63) is 34.9 Å². The summed E-state index contributed by atoms with van der Waals surface area (Å²) in [4.78, 5) is 0. The van der Waals surface area contributed by atoms with E-state index >= 15 is 0 Å². The molecular weight excluding hydrogens is 198 g/mol. The first kappa shape index (κ1) is 11.6. The Balaban J connectivity index is 2.15. The Bertz CT molecular complexity index is 336. The number of hydrogen-bond donors (Lipinski definition) is 2. The Hall–Kier alpha value is -0.860.